The summed E-state index contributed by atoms with van der Waals surface area (Å²) in [5, 5.41) is 10.1. The lowest BCUT2D eigenvalue weighted by atomic mass is 9.88. The first-order chi connectivity index (χ1) is 13.5. The standard InChI is InChI=1S/C22H33FN2O3/c1-4-16-11-25(22(27)18-8-7-15(2)10-20(18)23)21(13-26)19(16)12-24-9-5-6-17(24)14-28-3/h7-8,10,16-17,19,21,26H,4-6,9,11-14H2,1-3H3/t16-,17-,19-,21-/m1/s1. The van der Waals surface area contributed by atoms with Crippen LogP contribution in [-0.2, 0) is 4.74 Å². The summed E-state index contributed by atoms with van der Waals surface area (Å²) in [7, 11) is 1.73. The molecule has 1 aromatic carbocycles. The number of rotatable bonds is 7. The van der Waals surface area contributed by atoms with Crippen molar-refractivity contribution in [3.05, 3.63) is 35.1 Å². The maximum absolute atomic E-state index is 14.4. The minimum Gasteiger partial charge on any atom is -0.394 e. The minimum atomic E-state index is -0.488. The van der Waals surface area contributed by atoms with Gasteiger partial charge in [-0.2, -0.15) is 0 Å². The van der Waals surface area contributed by atoms with Crippen LogP contribution in [0.2, 0.25) is 0 Å². The molecule has 4 atom stereocenters. The van der Waals surface area contributed by atoms with Gasteiger partial charge in [0.25, 0.3) is 5.91 Å². The molecule has 1 amide bonds. The fourth-order valence-corrected chi connectivity index (χ4v) is 4.97. The number of carbonyl (C=O) groups is 1. The third-order valence-electron chi connectivity index (χ3n) is 6.56. The topological polar surface area (TPSA) is 53.0 Å². The third-order valence-corrected chi connectivity index (χ3v) is 6.56. The van der Waals surface area contributed by atoms with Gasteiger partial charge in [0.15, 0.2) is 0 Å². The van der Waals surface area contributed by atoms with Crippen LogP contribution in [0.25, 0.3) is 0 Å². The van der Waals surface area contributed by atoms with E-state index < -0.39 is 5.82 Å². The molecule has 2 aliphatic rings. The number of benzene rings is 1. The second-order valence-electron chi connectivity index (χ2n) is 8.27. The van der Waals surface area contributed by atoms with E-state index in [2.05, 4.69) is 11.8 Å². The van der Waals surface area contributed by atoms with Gasteiger partial charge < -0.3 is 14.7 Å². The van der Waals surface area contributed by atoms with Gasteiger partial charge in [-0.05, 0) is 55.8 Å². The smallest absolute Gasteiger partial charge is 0.257 e. The Labute approximate surface area is 167 Å². The Morgan fingerprint density at radius 2 is 2.18 bits per heavy atom. The predicted molar refractivity (Wildman–Crippen MR) is 107 cm³/mol. The van der Waals surface area contributed by atoms with Gasteiger partial charge in [0.05, 0.1) is 24.8 Å². The lowest BCUT2D eigenvalue weighted by Crippen LogP contribution is -2.45. The Morgan fingerprint density at radius 1 is 1.39 bits per heavy atom. The van der Waals surface area contributed by atoms with Crippen molar-refractivity contribution in [1.29, 1.82) is 0 Å². The highest BCUT2D eigenvalue weighted by Crippen LogP contribution is 2.35. The fraction of sp³-hybridized carbons (Fsp3) is 0.682. The summed E-state index contributed by atoms with van der Waals surface area (Å²) in [6.07, 6.45) is 3.21. The summed E-state index contributed by atoms with van der Waals surface area (Å²) in [5.74, 6) is -0.312. The van der Waals surface area contributed by atoms with Crippen molar-refractivity contribution in [2.75, 3.05) is 40.0 Å². The van der Waals surface area contributed by atoms with Crippen LogP contribution in [0.15, 0.2) is 18.2 Å². The van der Waals surface area contributed by atoms with Crippen LogP contribution in [0.5, 0.6) is 0 Å². The number of aliphatic hydroxyl groups is 1. The Bertz CT molecular complexity index is 684. The molecule has 0 aromatic heterocycles. The summed E-state index contributed by atoms with van der Waals surface area (Å²) in [4.78, 5) is 17.2. The second-order valence-corrected chi connectivity index (χ2v) is 8.27. The molecule has 0 bridgehead atoms. The monoisotopic (exact) mass is 392 g/mol. The molecule has 2 saturated heterocycles. The van der Waals surface area contributed by atoms with E-state index in [4.69, 9.17) is 4.74 Å². The first-order valence-electron chi connectivity index (χ1n) is 10.4. The Hall–Kier alpha value is -1.50. The van der Waals surface area contributed by atoms with Gasteiger partial charge in [0, 0.05) is 26.2 Å². The summed E-state index contributed by atoms with van der Waals surface area (Å²) in [6.45, 7) is 7.00. The van der Waals surface area contributed by atoms with E-state index >= 15 is 0 Å². The molecule has 0 unspecified atom stereocenters. The molecule has 0 spiro atoms. The second kappa shape index (κ2) is 9.33. The normalized spacial score (nSPS) is 28.2. The molecule has 2 fully saturated rings. The summed E-state index contributed by atoms with van der Waals surface area (Å²) in [6, 6.07) is 4.84. The number of hydrogen-bond acceptors (Lipinski definition) is 4. The molecular formula is C22H33FN2O3. The summed E-state index contributed by atoms with van der Waals surface area (Å²) in [5.41, 5.74) is 0.884. The van der Waals surface area contributed by atoms with E-state index in [9.17, 15) is 14.3 Å². The van der Waals surface area contributed by atoms with Gasteiger partial charge in [-0.1, -0.05) is 19.4 Å². The molecule has 6 heteroatoms. The molecule has 3 rings (SSSR count). The zero-order chi connectivity index (χ0) is 20.3. The molecule has 0 saturated carbocycles. The first-order valence-corrected chi connectivity index (χ1v) is 10.4. The Morgan fingerprint density at radius 3 is 2.82 bits per heavy atom. The molecule has 156 valence electrons. The van der Waals surface area contributed by atoms with Crippen molar-refractivity contribution in [3.8, 4) is 0 Å². The lowest BCUT2D eigenvalue weighted by molar-refractivity contribution is 0.0574. The maximum Gasteiger partial charge on any atom is 0.257 e. The van der Waals surface area contributed by atoms with E-state index in [1.807, 2.05) is 0 Å². The van der Waals surface area contributed by atoms with Crippen LogP contribution < -0.4 is 0 Å². The predicted octanol–water partition coefficient (Wildman–Crippen LogP) is 2.70. The Balaban J connectivity index is 1.79. The van der Waals surface area contributed by atoms with E-state index in [1.165, 1.54) is 6.07 Å². The maximum atomic E-state index is 14.4. The number of ether oxygens (including phenoxy) is 1. The molecule has 0 radical (unpaired) electrons. The molecule has 1 N–H and O–H groups in total. The molecule has 2 aliphatic heterocycles. The number of likely N-dealkylation sites (tertiary alicyclic amines) is 2. The first kappa shape index (κ1) is 21.2. The number of nitrogens with zero attached hydrogens (tertiary/aromatic N) is 2. The van der Waals surface area contributed by atoms with Gasteiger partial charge in [0.1, 0.15) is 5.82 Å². The van der Waals surface area contributed by atoms with Gasteiger partial charge in [-0.25, -0.2) is 4.39 Å². The van der Waals surface area contributed by atoms with Crippen molar-refractivity contribution in [1.82, 2.24) is 9.80 Å². The highest BCUT2D eigenvalue weighted by molar-refractivity contribution is 5.95. The van der Waals surface area contributed by atoms with E-state index in [0.717, 1.165) is 37.9 Å². The molecule has 5 nitrogen and oxygen atoms in total. The van der Waals surface area contributed by atoms with Crippen molar-refractivity contribution < 1.29 is 19.0 Å². The van der Waals surface area contributed by atoms with Crippen LogP contribution in [-0.4, -0.2) is 72.9 Å². The summed E-state index contributed by atoms with van der Waals surface area (Å²) < 4.78 is 19.8. The number of methoxy groups -OCH3 is 1. The summed E-state index contributed by atoms with van der Waals surface area (Å²) >= 11 is 0. The number of carbonyl (C=O) groups excluding carboxylic acids is 1. The molecule has 2 heterocycles. The average molecular weight is 393 g/mol. The molecule has 1 aromatic rings. The van der Waals surface area contributed by atoms with Crippen molar-refractivity contribution in [3.63, 3.8) is 0 Å². The Kier molecular flexibility index (Phi) is 7.07. The highest BCUT2D eigenvalue weighted by Gasteiger charge is 2.44. The quantitative estimate of drug-likeness (QED) is 0.775. The number of hydrogen-bond donors (Lipinski definition) is 1. The van der Waals surface area contributed by atoms with Crippen LogP contribution >= 0.6 is 0 Å². The van der Waals surface area contributed by atoms with Gasteiger partial charge in [-0.3, -0.25) is 9.69 Å². The molecule has 28 heavy (non-hydrogen) atoms. The van der Waals surface area contributed by atoms with Crippen molar-refractivity contribution >= 4 is 5.91 Å². The van der Waals surface area contributed by atoms with Crippen LogP contribution in [0.1, 0.15) is 42.1 Å². The lowest BCUT2D eigenvalue weighted by Gasteiger charge is -2.32. The number of aliphatic hydroxyl groups excluding tert-OH is 1. The van der Waals surface area contributed by atoms with Crippen LogP contribution in [0.4, 0.5) is 4.39 Å². The highest BCUT2D eigenvalue weighted by atomic mass is 19.1. The van der Waals surface area contributed by atoms with Crippen LogP contribution in [0, 0.1) is 24.6 Å². The minimum absolute atomic E-state index is 0.0941. The van der Waals surface area contributed by atoms with Gasteiger partial charge >= 0.3 is 0 Å². The van der Waals surface area contributed by atoms with Crippen molar-refractivity contribution in [2.24, 2.45) is 11.8 Å². The molecular weight excluding hydrogens is 359 g/mol. The zero-order valence-corrected chi connectivity index (χ0v) is 17.2. The number of amides is 1. The van der Waals surface area contributed by atoms with E-state index in [0.29, 0.717) is 25.1 Å². The fourth-order valence-electron chi connectivity index (χ4n) is 4.97. The third kappa shape index (κ3) is 4.24. The average Bonchev–Trinajstić information content (AvgIpc) is 3.26. The van der Waals surface area contributed by atoms with Crippen LogP contribution in [0.3, 0.4) is 0 Å². The van der Waals surface area contributed by atoms with E-state index in [-0.39, 0.29) is 30.0 Å². The van der Waals surface area contributed by atoms with Gasteiger partial charge in [0.2, 0.25) is 0 Å². The SMILES string of the molecule is CC[C@@H]1CN(C(=O)c2ccc(C)cc2F)[C@H](CO)[C@@H]1CN1CCC[C@@H]1COC. The van der Waals surface area contributed by atoms with Crippen molar-refractivity contribution in [2.45, 2.75) is 45.2 Å². The van der Waals surface area contributed by atoms with E-state index in [1.54, 1.807) is 31.1 Å². The number of aryl methyl sites for hydroxylation is 1. The zero-order valence-electron chi connectivity index (χ0n) is 17.2. The molecule has 0 aliphatic carbocycles. The van der Waals surface area contributed by atoms with Gasteiger partial charge in [-0.15, -0.1) is 0 Å². The number of halogens is 1. The largest absolute Gasteiger partial charge is 0.394 e.